The van der Waals surface area contributed by atoms with Gasteiger partial charge < -0.3 is 0 Å². The monoisotopic (exact) mass is 158 g/mol. The molecule has 2 heteroatoms. The van der Waals surface area contributed by atoms with Gasteiger partial charge in [-0.1, -0.05) is 38.1 Å². The first kappa shape index (κ1) is 7.54. The quantitative estimate of drug-likeness (QED) is 0.512. The molecule has 0 radical (unpaired) electrons. The van der Waals surface area contributed by atoms with Gasteiger partial charge >= 0.3 is 0 Å². The Morgan fingerprint density at radius 3 is 2.44 bits per heavy atom. The smallest absolute Gasteiger partial charge is 0.00447 e. The number of rotatable bonds is 2. The van der Waals surface area contributed by atoms with E-state index >= 15 is 0 Å². The maximum Gasteiger partial charge on any atom is 0.00447 e. The first-order valence-corrected chi connectivity index (χ1v) is 11.1. The summed E-state index contributed by atoms with van der Waals surface area (Å²) in [7, 11) is 2.07. The predicted molar refractivity (Wildman–Crippen MR) is 49.9 cm³/mol. The van der Waals surface area contributed by atoms with Crippen LogP contribution in [0.25, 0.3) is 0 Å². The van der Waals surface area contributed by atoms with E-state index in [9.17, 15) is 0 Å². The molecule has 1 saturated carbocycles. The first-order valence-electron chi connectivity index (χ1n) is 4.43. The molecule has 0 aromatic rings. The fourth-order valence-corrected chi connectivity index (χ4v) is 5.73. The SMILES string of the molecule is [SiH3][SiH2]CC1CCCCC1. The van der Waals surface area contributed by atoms with Crippen molar-refractivity contribution in [3.8, 4) is 0 Å². The first-order chi connectivity index (χ1) is 4.43. The van der Waals surface area contributed by atoms with Gasteiger partial charge in [-0.15, -0.1) is 0 Å². The summed E-state index contributed by atoms with van der Waals surface area (Å²) in [6, 6.07) is 1.69. The van der Waals surface area contributed by atoms with E-state index in [1.165, 1.54) is 12.3 Å². The third-order valence-electron chi connectivity index (χ3n) is 2.42. The molecule has 0 bridgehead atoms. The molecule has 0 atom stereocenters. The zero-order valence-corrected chi connectivity index (χ0v) is 9.94. The summed E-state index contributed by atoms with van der Waals surface area (Å²) in [6.45, 7) is 0. The van der Waals surface area contributed by atoms with Crippen molar-refractivity contribution < 1.29 is 0 Å². The van der Waals surface area contributed by atoms with Gasteiger partial charge in [0.15, 0.2) is 0 Å². The fraction of sp³-hybridized carbons (Fsp3) is 1.00. The van der Waals surface area contributed by atoms with Crippen LogP contribution < -0.4 is 0 Å². The molecule has 1 aliphatic carbocycles. The Kier molecular flexibility index (Phi) is 3.59. The van der Waals surface area contributed by atoms with Crippen LogP contribution in [0.3, 0.4) is 0 Å². The minimum Gasteiger partial charge on any atom is -0.0627 e. The van der Waals surface area contributed by atoms with E-state index in [-0.39, 0.29) is 0 Å². The molecular formula is C7H18Si2. The zero-order valence-electron chi connectivity index (χ0n) is 6.53. The van der Waals surface area contributed by atoms with Crippen LogP contribution in [0.15, 0.2) is 0 Å². The molecule has 0 saturated heterocycles. The second-order valence-corrected chi connectivity index (χ2v) is 7.87. The standard InChI is InChI=1S/C7H18Si2/c8-9-6-7-4-2-1-3-5-7/h7H,1-6,9H2,8H3. The average molecular weight is 158 g/mol. The van der Waals surface area contributed by atoms with Crippen molar-refractivity contribution in [2.45, 2.75) is 38.1 Å². The van der Waals surface area contributed by atoms with E-state index in [1.807, 2.05) is 0 Å². The third-order valence-corrected chi connectivity index (χ3v) is 5.55. The summed E-state index contributed by atoms with van der Waals surface area (Å²) in [5.74, 6) is 1.20. The molecule has 1 aliphatic rings. The van der Waals surface area contributed by atoms with Gasteiger partial charge in [0.1, 0.15) is 0 Å². The molecule has 0 unspecified atom stereocenters. The van der Waals surface area contributed by atoms with Gasteiger partial charge in [0.25, 0.3) is 0 Å². The molecule has 0 amide bonds. The van der Waals surface area contributed by atoms with Crippen molar-refractivity contribution in [2.75, 3.05) is 0 Å². The van der Waals surface area contributed by atoms with Crippen LogP contribution in [0.1, 0.15) is 32.1 Å². The van der Waals surface area contributed by atoms with Crippen molar-refractivity contribution >= 4 is 18.8 Å². The van der Waals surface area contributed by atoms with E-state index in [4.69, 9.17) is 0 Å². The molecule has 0 N–H and O–H groups in total. The zero-order chi connectivity index (χ0) is 6.53. The second kappa shape index (κ2) is 4.28. The van der Waals surface area contributed by atoms with Gasteiger partial charge in [-0.25, -0.2) is 0 Å². The third kappa shape index (κ3) is 2.67. The molecule has 54 valence electrons. The predicted octanol–water partition coefficient (Wildman–Crippen LogP) is 0.434. The number of hydrogen-bond donors (Lipinski definition) is 0. The molecule has 0 aromatic heterocycles. The summed E-state index contributed by atoms with van der Waals surface area (Å²) >= 11 is 0. The van der Waals surface area contributed by atoms with E-state index in [2.05, 4.69) is 0 Å². The van der Waals surface area contributed by atoms with Crippen LogP contribution in [-0.2, 0) is 0 Å². The molecule has 0 spiro atoms. The lowest BCUT2D eigenvalue weighted by Crippen LogP contribution is -2.08. The molecular weight excluding hydrogens is 140 g/mol. The maximum absolute atomic E-state index is 1.69. The maximum atomic E-state index is 1.69. The highest BCUT2D eigenvalue weighted by molar-refractivity contribution is 6.89. The van der Waals surface area contributed by atoms with Crippen LogP contribution >= 0.6 is 0 Å². The Bertz CT molecular complexity index is 64.6. The van der Waals surface area contributed by atoms with Gasteiger partial charge in [0.05, 0.1) is 0 Å². The van der Waals surface area contributed by atoms with Gasteiger partial charge in [-0.2, -0.15) is 0 Å². The largest absolute Gasteiger partial charge is 0.0627 e. The molecule has 0 nitrogen and oxygen atoms in total. The topological polar surface area (TPSA) is 0 Å². The highest BCUT2D eigenvalue weighted by Crippen LogP contribution is 2.25. The molecule has 9 heavy (non-hydrogen) atoms. The summed E-state index contributed by atoms with van der Waals surface area (Å²) in [5.41, 5.74) is 0. The van der Waals surface area contributed by atoms with Crippen LogP contribution in [0.2, 0.25) is 6.04 Å². The average Bonchev–Trinajstić information content (AvgIpc) is 1.91. The second-order valence-electron chi connectivity index (χ2n) is 3.29. The van der Waals surface area contributed by atoms with Gasteiger partial charge in [0.2, 0.25) is 0 Å². The van der Waals surface area contributed by atoms with Crippen molar-refractivity contribution in [1.29, 1.82) is 0 Å². The lowest BCUT2D eigenvalue weighted by molar-refractivity contribution is 0.385. The normalized spacial score (nSPS) is 24.0. The van der Waals surface area contributed by atoms with E-state index in [0.717, 1.165) is 0 Å². The Labute approximate surface area is 63.5 Å². The molecule has 0 aliphatic heterocycles. The summed E-state index contributed by atoms with van der Waals surface area (Å²) in [4.78, 5) is 0. The Hall–Kier alpha value is 0.434. The van der Waals surface area contributed by atoms with E-state index in [0.29, 0.717) is 9.04 Å². The van der Waals surface area contributed by atoms with Crippen LogP contribution in [0.5, 0.6) is 0 Å². The van der Waals surface area contributed by atoms with Crippen molar-refractivity contribution in [1.82, 2.24) is 0 Å². The lowest BCUT2D eigenvalue weighted by atomic mass is 9.91. The highest BCUT2D eigenvalue weighted by atomic mass is 29.1. The summed E-state index contributed by atoms with van der Waals surface area (Å²) in [5, 5.41) is 0. The van der Waals surface area contributed by atoms with E-state index < -0.39 is 0 Å². The summed E-state index contributed by atoms with van der Waals surface area (Å²) in [6.07, 6.45) is 7.77. The van der Waals surface area contributed by atoms with Crippen LogP contribution in [-0.4, -0.2) is 18.8 Å². The molecule has 0 heterocycles. The van der Waals surface area contributed by atoms with Crippen LogP contribution in [0.4, 0.5) is 0 Å². The Balaban J connectivity index is 2.08. The fourth-order valence-electron chi connectivity index (χ4n) is 1.88. The minimum absolute atomic E-state index is 0.508. The van der Waals surface area contributed by atoms with Crippen LogP contribution in [0, 0.1) is 5.92 Å². The van der Waals surface area contributed by atoms with Crippen molar-refractivity contribution in [3.05, 3.63) is 0 Å². The highest BCUT2D eigenvalue weighted by Gasteiger charge is 2.11. The Morgan fingerprint density at radius 1 is 1.22 bits per heavy atom. The summed E-state index contributed by atoms with van der Waals surface area (Å²) < 4.78 is 0. The lowest BCUT2D eigenvalue weighted by Gasteiger charge is -2.20. The van der Waals surface area contributed by atoms with Gasteiger partial charge in [-0.05, 0) is 15.7 Å². The van der Waals surface area contributed by atoms with Gasteiger partial charge in [0, 0.05) is 9.04 Å². The van der Waals surface area contributed by atoms with Crippen molar-refractivity contribution in [3.63, 3.8) is 0 Å². The van der Waals surface area contributed by atoms with Crippen molar-refractivity contribution in [2.24, 2.45) is 5.92 Å². The minimum atomic E-state index is 0.508. The molecule has 0 aromatic carbocycles. The van der Waals surface area contributed by atoms with Gasteiger partial charge in [-0.3, -0.25) is 0 Å². The van der Waals surface area contributed by atoms with E-state index in [1.54, 1.807) is 41.5 Å². The molecule has 1 rings (SSSR count). The number of hydrogen-bond acceptors (Lipinski definition) is 0. The Morgan fingerprint density at radius 2 is 1.89 bits per heavy atom. The molecule has 1 fully saturated rings.